The van der Waals surface area contributed by atoms with Crippen LogP contribution >= 0.6 is 15.6 Å². The highest BCUT2D eigenvalue weighted by Gasteiger charge is 2.57. The van der Waals surface area contributed by atoms with Gasteiger partial charge in [0.25, 0.3) is 0 Å². The molecule has 10 heteroatoms. The van der Waals surface area contributed by atoms with Crippen LogP contribution in [-0.2, 0) is 32.6 Å². The maximum Gasteiger partial charge on any atom is 0.530 e. The second kappa shape index (κ2) is 15.0. The van der Waals surface area contributed by atoms with Crippen LogP contribution in [-0.4, -0.2) is 26.4 Å². The number of hydrogen-bond acceptors (Lipinski definition) is 8. The van der Waals surface area contributed by atoms with Crippen molar-refractivity contribution >= 4 is 15.6 Å². The lowest BCUT2D eigenvalue weighted by molar-refractivity contribution is -0.0442. The standard InChI is InChI=1S/C33H56O8P2/c1-11-16-17-18-19-32(7,8)25-21-29(40-42(34,36-12-2)37-13-3)31(26-20-24(6)27-23-28(26)33(27,9)10)30(22-25)41-43(35,38-14-4)39-15-5/h21-22,26-28H,6,11-20,23H2,1-5,7-10H3/t26-,27+,28-/m0/s1. The first kappa shape index (κ1) is 36.3. The summed E-state index contributed by atoms with van der Waals surface area (Å²) in [6.07, 6.45) is 7.16. The van der Waals surface area contributed by atoms with E-state index in [0.717, 1.165) is 37.7 Å². The zero-order chi connectivity index (χ0) is 32.1. The predicted molar refractivity (Wildman–Crippen MR) is 173 cm³/mol. The maximum atomic E-state index is 13.9. The van der Waals surface area contributed by atoms with Crippen LogP contribution in [0, 0.1) is 17.3 Å². The Balaban J connectivity index is 2.28. The zero-order valence-corrected chi connectivity index (χ0v) is 29.8. The van der Waals surface area contributed by atoms with Gasteiger partial charge in [0.15, 0.2) is 0 Å². The first-order valence-electron chi connectivity index (χ1n) is 16.2. The van der Waals surface area contributed by atoms with Gasteiger partial charge in [-0.15, -0.1) is 0 Å². The molecule has 0 spiro atoms. The Bertz CT molecular complexity index is 1120. The van der Waals surface area contributed by atoms with Crippen LogP contribution in [0.5, 0.6) is 11.5 Å². The Kier molecular flexibility index (Phi) is 12.6. The first-order valence-corrected chi connectivity index (χ1v) is 19.2. The van der Waals surface area contributed by atoms with Crippen molar-refractivity contribution in [1.29, 1.82) is 0 Å². The number of rotatable bonds is 19. The SMILES string of the molecule is C=C1C[C@H](c2c(OP(=O)(OCC)OCC)cc(C(C)(C)CCCCCC)cc2OP(=O)(OCC)OCC)[C@@H]2C[C@H]1C2(C)C. The highest BCUT2D eigenvalue weighted by molar-refractivity contribution is 7.49. The van der Waals surface area contributed by atoms with Gasteiger partial charge in [0.05, 0.1) is 26.4 Å². The molecule has 3 atom stereocenters. The van der Waals surface area contributed by atoms with Crippen molar-refractivity contribution in [2.45, 2.75) is 119 Å². The summed E-state index contributed by atoms with van der Waals surface area (Å²) in [5.74, 6) is 1.38. The number of fused-ring (bicyclic) bond motifs is 2. The van der Waals surface area contributed by atoms with Crippen molar-refractivity contribution in [2.24, 2.45) is 17.3 Å². The lowest BCUT2D eigenvalue weighted by atomic mass is 9.43. The van der Waals surface area contributed by atoms with E-state index >= 15 is 0 Å². The van der Waals surface area contributed by atoms with Gasteiger partial charge >= 0.3 is 15.6 Å². The average Bonchev–Trinajstić information content (AvgIpc) is 2.90. The highest BCUT2D eigenvalue weighted by atomic mass is 31.2. The largest absolute Gasteiger partial charge is 0.530 e. The van der Waals surface area contributed by atoms with Gasteiger partial charge in [-0.25, -0.2) is 9.13 Å². The topological polar surface area (TPSA) is 89.5 Å². The molecule has 3 aliphatic rings. The third-order valence-electron chi connectivity index (χ3n) is 9.28. The zero-order valence-electron chi connectivity index (χ0n) is 28.0. The summed E-state index contributed by atoms with van der Waals surface area (Å²) in [6, 6.07) is 3.92. The molecule has 3 fully saturated rings. The molecule has 3 aliphatic carbocycles. The molecule has 4 rings (SSSR count). The molecule has 0 saturated heterocycles. The predicted octanol–water partition coefficient (Wildman–Crippen LogP) is 10.8. The summed E-state index contributed by atoms with van der Waals surface area (Å²) >= 11 is 0. The second-order valence-electron chi connectivity index (χ2n) is 13.0. The lowest BCUT2D eigenvalue weighted by Crippen LogP contribution is -2.52. The summed E-state index contributed by atoms with van der Waals surface area (Å²) in [5, 5.41) is 0. The van der Waals surface area contributed by atoms with Crippen molar-refractivity contribution in [2.75, 3.05) is 26.4 Å². The highest BCUT2D eigenvalue weighted by Crippen LogP contribution is 2.68. The molecule has 0 aliphatic heterocycles. The van der Waals surface area contributed by atoms with E-state index in [-0.39, 0.29) is 49.1 Å². The summed E-state index contributed by atoms with van der Waals surface area (Å²) in [7, 11) is -7.96. The van der Waals surface area contributed by atoms with Gasteiger partial charge in [0.2, 0.25) is 0 Å². The van der Waals surface area contributed by atoms with Crippen LogP contribution < -0.4 is 9.05 Å². The molecular formula is C33H56O8P2. The van der Waals surface area contributed by atoms with Crippen LogP contribution in [0.4, 0.5) is 0 Å². The van der Waals surface area contributed by atoms with Gasteiger partial charge in [0, 0.05) is 5.56 Å². The average molecular weight is 643 g/mol. The van der Waals surface area contributed by atoms with E-state index in [0.29, 0.717) is 29.4 Å². The fourth-order valence-electron chi connectivity index (χ4n) is 6.90. The fourth-order valence-corrected chi connectivity index (χ4v) is 9.31. The van der Waals surface area contributed by atoms with Crippen molar-refractivity contribution in [3.63, 3.8) is 0 Å². The molecule has 0 aromatic heterocycles. The molecule has 0 unspecified atom stereocenters. The molecule has 1 aromatic carbocycles. The summed E-state index contributed by atoms with van der Waals surface area (Å²) < 4.78 is 62.8. The first-order chi connectivity index (χ1) is 20.2. The van der Waals surface area contributed by atoms with Crippen LogP contribution in [0.25, 0.3) is 0 Å². The fraction of sp³-hybridized carbons (Fsp3) is 0.758. The number of allylic oxidation sites excluding steroid dienone is 1. The minimum absolute atomic E-state index is 0.0127. The Labute approximate surface area is 260 Å². The van der Waals surface area contributed by atoms with Crippen LogP contribution in [0.15, 0.2) is 24.3 Å². The Morgan fingerprint density at radius 1 is 0.837 bits per heavy atom. The molecule has 3 saturated carbocycles. The maximum absolute atomic E-state index is 13.9. The van der Waals surface area contributed by atoms with Gasteiger partial charge in [-0.1, -0.05) is 72.5 Å². The van der Waals surface area contributed by atoms with Crippen molar-refractivity contribution in [3.8, 4) is 11.5 Å². The van der Waals surface area contributed by atoms with E-state index in [1.54, 1.807) is 27.7 Å². The van der Waals surface area contributed by atoms with E-state index in [1.807, 2.05) is 12.1 Å². The minimum Gasteiger partial charge on any atom is -0.404 e. The summed E-state index contributed by atoms with van der Waals surface area (Å²) in [4.78, 5) is 0. The summed E-state index contributed by atoms with van der Waals surface area (Å²) in [5.41, 5.74) is 2.49. The lowest BCUT2D eigenvalue weighted by Gasteiger charge is -2.61. The molecule has 43 heavy (non-hydrogen) atoms. The summed E-state index contributed by atoms with van der Waals surface area (Å²) in [6.45, 7) is 23.2. The molecule has 0 radical (unpaired) electrons. The van der Waals surface area contributed by atoms with Gasteiger partial charge in [0.1, 0.15) is 11.5 Å². The monoisotopic (exact) mass is 642 g/mol. The Hall–Kier alpha value is -1.14. The van der Waals surface area contributed by atoms with Crippen LogP contribution in [0.1, 0.15) is 124 Å². The molecule has 1 aromatic rings. The van der Waals surface area contributed by atoms with Gasteiger partial charge in [-0.05, 0) is 93.2 Å². The molecule has 8 nitrogen and oxygen atoms in total. The molecular weight excluding hydrogens is 586 g/mol. The molecule has 0 amide bonds. The van der Waals surface area contributed by atoms with Gasteiger partial charge in [-0.3, -0.25) is 18.1 Å². The molecule has 2 bridgehead atoms. The molecule has 0 heterocycles. The Morgan fingerprint density at radius 2 is 1.33 bits per heavy atom. The van der Waals surface area contributed by atoms with E-state index in [1.165, 1.54) is 12.0 Å². The molecule has 0 N–H and O–H groups in total. The third kappa shape index (κ3) is 8.37. The van der Waals surface area contributed by atoms with Crippen molar-refractivity contribution in [3.05, 3.63) is 35.4 Å². The molecule has 246 valence electrons. The van der Waals surface area contributed by atoms with E-state index in [9.17, 15) is 9.13 Å². The number of benzene rings is 1. The van der Waals surface area contributed by atoms with Gasteiger partial charge < -0.3 is 9.05 Å². The van der Waals surface area contributed by atoms with Crippen LogP contribution in [0.3, 0.4) is 0 Å². The van der Waals surface area contributed by atoms with E-state index in [2.05, 4.69) is 41.2 Å². The van der Waals surface area contributed by atoms with E-state index in [4.69, 9.17) is 27.1 Å². The normalized spacial score (nSPS) is 21.9. The van der Waals surface area contributed by atoms with Gasteiger partial charge in [-0.2, -0.15) is 0 Å². The third-order valence-corrected chi connectivity index (χ3v) is 12.4. The number of phosphoric ester groups is 2. The second-order valence-corrected chi connectivity index (χ2v) is 16.2. The van der Waals surface area contributed by atoms with Crippen molar-refractivity contribution in [1.82, 2.24) is 0 Å². The number of unbranched alkanes of at least 4 members (excludes halogenated alkanes) is 3. The smallest absolute Gasteiger partial charge is 0.404 e. The number of hydrogen-bond donors (Lipinski definition) is 0. The van der Waals surface area contributed by atoms with Crippen LogP contribution in [0.2, 0.25) is 0 Å². The number of phosphoric acid groups is 2. The van der Waals surface area contributed by atoms with E-state index < -0.39 is 15.6 Å². The minimum atomic E-state index is -3.98. The Morgan fingerprint density at radius 3 is 1.72 bits per heavy atom. The van der Waals surface area contributed by atoms with Crippen molar-refractivity contribution < 1.29 is 36.3 Å². The quantitative estimate of drug-likeness (QED) is 0.0836.